The van der Waals surface area contributed by atoms with Crippen LogP contribution in [0.2, 0.25) is 0 Å². The second kappa shape index (κ2) is 9.51. The van der Waals surface area contributed by atoms with E-state index < -0.39 is 11.6 Å². The zero-order chi connectivity index (χ0) is 23.5. The summed E-state index contributed by atoms with van der Waals surface area (Å²) in [7, 11) is 1.66. The van der Waals surface area contributed by atoms with E-state index in [0.29, 0.717) is 31.9 Å². The van der Waals surface area contributed by atoms with Gasteiger partial charge in [-0.1, -0.05) is 44.9 Å². The van der Waals surface area contributed by atoms with E-state index in [2.05, 4.69) is 26.1 Å². The Hall–Kier alpha value is -2.57. The molecule has 0 unspecified atom stereocenters. The van der Waals surface area contributed by atoms with Gasteiger partial charge in [-0.3, -0.25) is 14.5 Å². The second-order valence-corrected chi connectivity index (χ2v) is 10.00. The van der Waals surface area contributed by atoms with Crippen LogP contribution in [-0.2, 0) is 9.59 Å². The first-order valence-electron chi connectivity index (χ1n) is 11.7. The summed E-state index contributed by atoms with van der Waals surface area (Å²) in [6.07, 6.45) is 4.18. The van der Waals surface area contributed by atoms with E-state index in [0.717, 1.165) is 35.5 Å². The molecule has 7 nitrogen and oxygen atoms in total. The lowest BCUT2D eigenvalue weighted by Crippen LogP contribution is -2.51. The van der Waals surface area contributed by atoms with Crippen molar-refractivity contribution in [2.24, 2.45) is 11.3 Å². The van der Waals surface area contributed by atoms with Crippen molar-refractivity contribution < 1.29 is 19.1 Å². The van der Waals surface area contributed by atoms with E-state index in [-0.39, 0.29) is 23.8 Å². The molecule has 3 rings (SSSR count). The molecular formula is C25H37N3O4. The smallest absolute Gasteiger partial charge is 0.325 e. The molecule has 1 heterocycles. The lowest BCUT2D eigenvalue weighted by atomic mass is 9.65. The van der Waals surface area contributed by atoms with Crippen LogP contribution in [0.1, 0.15) is 58.4 Å². The predicted octanol–water partition coefficient (Wildman–Crippen LogP) is 3.75. The summed E-state index contributed by atoms with van der Waals surface area (Å²) in [5.41, 5.74) is 0.537. The summed E-state index contributed by atoms with van der Waals surface area (Å²) in [5.74, 6) is 0.749. The number of hydrogen-bond donors (Lipinski definition) is 1. The molecule has 0 atom stereocenters. The van der Waals surface area contributed by atoms with E-state index >= 15 is 0 Å². The van der Waals surface area contributed by atoms with Crippen LogP contribution in [0.4, 0.5) is 4.79 Å². The van der Waals surface area contributed by atoms with Gasteiger partial charge >= 0.3 is 6.03 Å². The summed E-state index contributed by atoms with van der Waals surface area (Å²) in [4.78, 5) is 41.0. The monoisotopic (exact) mass is 443 g/mol. The zero-order valence-electron chi connectivity index (χ0n) is 20.1. The molecule has 32 heavy (non-hydrogen) atoms. The molecule has 4 amide bonds. The molecule has 2 fully saturated rings. The summed E-state index contributed by atoms with van der Waals surface area (Å²) in [5, 5.41) is 2.91. The molecule has 1 saturated carbocycles. The summed E-state index contributed by atoms with van der Waals surface area (Å²) >= 11 is 0. The van der Waals surface area contributed by atoms with Crippen molar-refractivity contribution in [2.45, 2.75) is 65.3 Å². The maximum atomic E-state index is 13.2. The number of carbonyl (C=O) groups is 3. The van der Waals surface area contributed by atoms with Crippen LogP contribution in [0.15, 0.2) is 24.3 Å². The SMILES string of the molecule is CCC(C)(C)C1CCC2(CC1)NC(=O)N(CC(=O)N(C)CCOc1ccc(C)cc1)C2=O. The second-order valence-electron chi connectivity index (χ2n) is 10.00. The lowest BCUT2D eigenvalue weighted by molar-refractivity contribution is -0.139. The number of aryl methyl sites for hydroxylation is 1. The van der Waals surface area contributed by atoms with Gasteiger partial charge in [-0.2, -0.15) is 0 Å². The van der Waals surface area contributed by atoms with Gasteiger partial charge in [0.1, 0.15) is 24.4 Å². The first-order valence-corrected chi connectivity index (χ1v) is 11.7. The van der Waals surface area contributed by atoms with Crippen molar-refractivity contribution >= 4 is 17.8 Å². The third-order valence-corrected chi connectivity index (χ3v) is 7.54. The van der Waals surface area contributed by atoms with Crippen LogP contribution in [0, 0.1) is 18.3 Å². The van der Waals surface area contributed by atoms with Gasteiger partial charge in [-0.25, -0.2) is 4.79 Å². The highest BCUT2D eigenvalue weighted by atomic mass is 16.5. The Morgan fingerprint density at radius 3 is 2.44 bits per heavy atom. The van der Waals surface area contributed by atoms with Crippen LogP contribution >= 0.6 is 0 Å². The standard InChI is InChI=1S/C25H37N3O4/c1-6-24(3,4)19-11-13-25(14-12-19)22(30)28(23(31)26-25)17-21(29)27(5)15-16-32-20-9-7-18(2)8-10-20/h7-10,19H,6,11-17H2,1-5H3,(H,26,31). The number of hydrogen-bond acceptors (Lipinski definition) is 4. The average molecular weight is 444 g/mol. The van der Waals surface area contributed by atoms with Gasteiger partial charge in [0.25, 0.3) is 5.91 Å². The normalized spacial score (nSPS) is 23.4. The van der Waals surface area contributed by atoms with E-state index in [1.807, 2.05) is 31.2 Å². The molecule has 1 aromatic carbocycles. The largest absolute Gasteiger partial charge is 0.492 e. The van der Waals surface area contributed by atoms with Crippen molar-refractivity contribution in [3.63, 3.8) is 0 Å². The predicted molar refractivity (Wildman–Crippen MR) is 123 cm³/mol. The number of ether oxygens (including phenoxy) is 1. The molecular weight excluding hydrogens is 406 g/mol. The number of urea groups is 1. The number of likely N-dealkylation sites (N-methyl/N-ethyl adjacent to an activating group) is 1. The number of rotatable bonds is 8. The van der Waals surface area contributed by atoms with Crippen molar-refractivity contribution in [1.82, 2.24) is 15.1 Å². The number of imide groups is 1. The third-order valence-electron chi connectivity index (χ3n) is 7.54. The molecule has 0 aromatic heterocycles. The highest BCUT2D eigenvalue weighted by molar-refractivity contribution is 6.09. The van der Waals surface area contributed by atoms with Crippen LogP contribution in [0.25, 0.3) is 0 Å². The van der Waals surface area contributed by atoms with E-state index in [1.54, 1.807) is 7.05 Å². The van der Waals surface area contributed by atoms with E-state index in [4.69, 9.17) is 4.74 Å². The molecule has 1 aliphatic heterocycles. The fourth-order valence-corrected chi connectivity index (χ4v) is 4.66. The molecule has 1 saturated heterocycles. The molecule has 1 N–H and O–H groups in total. The third kappa shape index (κ3) is 5.08. The minimum Gasteiger partial charge on any atom is -0.492 e. The first-order chi connectivity index (χ1) is 15.1. The number of benzene rings is 1. The van der Waals surface area contributed by atoms with Gasteiger partial charge in [-0.05, 0) is 56.1 Å². The van der Waals surface area contributed by atoms with Gasteiger partial charge < -0.3 is 15.0 Å². The highest BCUT2D eigenvalue weighted by Gasteiger charge is 2.53. The molecule has 1 aromatic rings. The zero-order valence-corrected chi connectivity index (χ0v) is 20.1. The summed E-state index contributed by atoms with van der Waals surface area (Å²) in [6, 6.07) is 7.25. The Balaban J connectivity index is 1.51. The Morgan fingerprint density at radius 1 is 1.22 bits per heavy atom. The fraction of sp³-hybridized carbons (Fsp3) is 0.640. The molecule has 1 spiro atoms. The lowest BCUT2D eigenvalue weighted by Gasteiger charge is -2.42. The average Bonchev–Trinajstić information content (AvgIpc) is 2.99. The molecule has 1 aliphatic carbocycles. The van der Waals surface area contributed by atoms with Crippen LogP contribution in [0.3, 0.4) is 0 Å². The Morgan fingerprint density at radius 2 is 1.84 bits per heavy atom. The number of nitrogens with zero attached hydrogens (tertiary/aromatic N) is 2. The Bertz CT molecular complexity index is 841. The quantitative estimate of drug-likeness (QED) is 0.621. The minimum atomic E-state index is -0.842. The van der Waals surface area contributed by atoms with Gasteiger partial charge in [0.2, 0.25) is 5.91 Å². The van der Waals surface area contributed by atoms with Crippen molar-refractivity contribution in [2.75, 3.05) is 26.7 Å². The van der Waals surface area contributed by atoms with Crippen molar-refractivity contribution in [3.8, 4) is 5.75 Å². The maximum Gasteiger partial charge on any atom is 0.325 e. The first kappa shape index (κ1) is 24.1. The van der Waals surface area contributed by atoms with Crippen LogP contribution < -0.4 is 10.1 Å². The number of nitrogens with one attached hydrogen (secondary N) is 1. The molecule has 2 aliphatic rings. The van der Waals surface area contributed by atoms with E-state index in [9.17, 15) is 14.4 Å². The Kier molecular flexibility index (Phi) is 7.16. The van der Waals surface area contributed by atoms with E-state index in [1.165, 1.54) is 4.90 Å². The highest BCUT2D eigenvalue weighted by Crippen LogP contribution is 2.45. The Labute approximate surface area is 191 Å². The van der Waals surface area contributed by atoms with Gasteiger partial charge in [0, 0.05) is 7.05 Å². The minimum absolute atomic E-state index is 0.228. The van der Waals surface area contributed by atoms with Crippen LogP contribution in [0.5, 0.6) is 5.75 Å². The summed E-state index contributed by atoms with van der Waals surface area (Å²) < 4.78 is 5.68. The molecule has 7 heteroatoms. The number of amides is 4. The molecule has 0 radical (unpaired) electrons. The van der Waals surface area contributed by atoms with Gasteiger partial charge in [0.05, 0.1) is 6.54 Å². The molecule has 176 valence electrons. The topological polar surface area (TPSA) is 79.0 Å². The summed E-state index contributed by atoms with van der Waals surface area (Å²) in [6.45, 7) is 9.22. The number of carbonyl (C=O) groups excluding carboxylic acids is 3. The van der Waals surface area contributed by atoms with Crippen LogP contribution in [-0.4, -0.2) is 59.9 Å². The van der Waals surface area contributed by atoms with Gasteiger partial charge in [0.15, 0.2) is 0 Å². The maximum absolute atomic E-state index is 13.2. The van der Waals surface area contributed by atoms with Crippen molar-refractivity contribution in [3.05, 3.63) is 29.8 Å². The van der Waals surface area contributed by atoms with Gasteiger partial charge in [-0.15, -0.1) is 0 Å². The van der Waals surface area contributed by atoms with Crippen molar-refractivity contribution in [1.29, 1.82) is 0 Å². The fourth-order valence-electron chi connectivity index (χ4n) is 4.66. The molecule has 0 bridgehead atoms.